The first-order valence-corrected chi connectivity index (χ1v) is 9.59. The van der Waals surface area contributed by atoms with Crippen molar-refractivity contribution in [2.24, 2.45) is 0 Å². The molecule has 0 bridgehead atoms. The van der Waals surface area contributed by atoms with E-state index < -0.39 is 12.8 Å². The van der Waals surface area contributed by atoms with Crippen LogP contribution in [0.4, 0.5) is 13.2 Å². The lowest BCUT2D eigenvalue weighted by atomic mass is 10.2. The van der Waals surface area contributed by atoms with E-state index in [9.17, 15) is 18.0 Å². The molecule has 2 heterocycles. The van der Waals surface area contributed by atoms with Crippen LogP contribution in [0.15, 0.2) is 46.9 Å². The van der Waals surface area contributed by atoms with E-state index in [1.807, 2.05) is 24.3 Å². The molecule has 0 spiro atoms. The summed E-state index contributed by atoms with van der Waals surface area (Å²) < 4.78 is 43.4. The highest BCUT2D eigenvalue weighted by Crippen LogP contribution is 2.29. The first-order valence-electron chi connectivity index (χ1n) is 7.79. The number of para-hydroxylation sites is 1. The SMILES string of the molecule is O=C(CSc1nc2ccccc2s1)NCc1cccnc1OCC(F)(F)F. The number of alkyl halides is 3. The van der Waals surface area contributed by atoms with Gasteiger partial charge in [0.25, 0.3) is 0 Å². The molecule has 3 rings (SSSR count). The Kier molecular flexibility index (Phi) is 6.17. The molecule has 1 amide bonds. The monoisotopic (exact) mass is 413 g/mol. The van der Waals surface area contributed by atoms with Crippen LogP contribution in [0.3, 0.4) is 0 Å². The van der Waals surface area contributed by atoms with Crippen molar-refractivity contribution in [1.29, 1.82) is 0 Å². The molecule has 0 fully saturated rings. The van der Waals surface area contributed by atoms with Gasteiger partial charge < -0.3 is 10.1 Å². The number of nitrogens with zero attached hydrogens (tertiary/aromatic N) is 2. The number of hydrogen-bond acceptors (Lipinski definition) is 6. The van der Waals surface area contributed by atoms with Crippen molar-refractivity contribution in [3.8, 4) is 5.88 Å². The van der Waals surface area contributed by atoms with Crippen LogP contribution in [0.5, 0.6) is 5.88 Å². The van der Waals surface area contributed by atoms with Gasteiger partial charge in [0.15, 0.2) is 10.9 Å². The number of hydrogen-bond donors (Lipinski definition) is 1. The van der Waals surface area contributed by atoms with Gasteiger partial charge >= 0.3 is 6.18 Å². The predicted octanol–water partition coefficient (Wildman–Crippen LogP) is 4.04. The molecular weight excluding hydrogens is 399 g/mol. The summed E-state index contributed by atoms with van der Waals surface area (Å²) in [5.74, 6) is -0.252. The lowest BCUT2D eigenvalue weighted by Gasteiger charge is -2.12. The molecule has 0 unspecified atom stereocenters. The Morgan fingerprint density at radius 2 is 2.04 bits per heavy atom. The van der Waals surface area contributed by atoms with Gasteiger partial charge in [-0.2, -0.15) is 13.2 Å². The highest BCUT2D eigenvalue weighted by atomic mass is 32.2. The molecule has 10 heteroatoms. The fraction of sp³-hybridized carbons (Fsp3) is 0.235. The van der Waals surface area contributed by atoms with Crippen molar-refractivity contribution in [3.05, 3.63) is 48.2 Å². The summed E-state index contributed by atoms with van der Waals surface area (Å²) >= 11 is 2.81. The summed E-state index contributed by atoms with van der Waals surface area (Å²) in [5.41, 5.74) is 1.26. The van der Waals surface area contributed by atoms with Gasteiger partial charge in [-0.05, 0) is 18.2 Å². The van der Waals surface area contributed by atoms with Crippen LogP contribution in [0, 0.1) is 0 Å². The summed E-state index contributed by atoms with van der Waals surface area (Å²) in [6.45, 7) is -1.40. The van der Waals surface area contributed by atoms with Crippen LogP contribution < -0.4 is 10.1 Å². The van der Waals surface area contributed by atoms with Crippen molar-refractivity contribution in [3.63, 3.8) is 0 Å². The Morgan fingerprint density at radius 3 is 2.81 bits per heavy atom. The largest absolute Gasteiger partial charge is 0.468 e. The number of carbonyl (C=O) groups excluding carboxylic acids is 1. The predicted molar refractivity (Wildman–Crippen MR) is 98.0 cm³/mol. The van der Waals surface area contributed by atoms with Gasteiger partial charge in [-0.1, -0.05) is 30.0 Å². The number of aromatic nitrogens is 2. The Morgan fingerprint density at radius 1 is 1.22 bits per heavy atom. The summed E-state index contributed by atoms with van der Waals surface area (Å²) in [6.07, 6.45) is -3.12. The number of ether oxygens (including phenoxy) is 1. The van der Waals surface area contributed by atoms with Gasteiger partial charge in [0.2, 0.25) is 11.8 Å². The van der Waals surface area contributed by atoms with Crippen LogP contribution >= 0.6 is 23.1 Å². The average Bonchev–Trinajstić information content (AvgIpc) is 3.06. The number of thioether (sulfide) groups is 1. The quantitative estimate of drug-likeness (QED) is 0.593. The molecule has 0 aliphatic carbocycles. The van der Waals surface area contributed by atoms with Gasteiger partial charge in [-0.25, -0.2) is 9.97 Å². The number of pyridine rings is 1. The number of amides is 1. The fourth-order valence-corrected chi connectivity index (χ4v) is 4.02. The normalized spacial score (nSPS) is 11.5. The molecule has 0 aliphatic rings. The minimum Gasteiger partial charge on any atom is -0.468 e. The number of rotatable bonds is 7. The summed E-state index contributed by atoms with van der Waals surface area (Å²) in [5, 5.41) is 2.66. The number of carbonyl (C=O) groups is 1. The first-order chi connectivity index (χ1) is 12.9. The number of benzene rings is 1. The number of fused-ring (bicyclic) bond motifs is 1. The zero-order chi connectivity index (χ0) is 19.3. The van der Waals surface area contributed by atoms with Crippen molar-refractivity contribution < 1.29 is 22.7 Å². The second kappa shape index (κ2) is 8.57. The number of halogens is 3. The molecule has 0 aliphatic heterocycles. The lowest BCUT2D eigenvalue weighted by Crippen LogP contribution is -2.25. The minimum atomic E-state index is -4.45. The summed E-state index contributed by atoms with van der Waals surface area (Å²) in [4.78, 5) is 20.3. The van der Waals surface area contributed by atoms with E-state index in [1.165, 1.54) is 29.3 Å². The van der Waals surface area contributed by atoms with E-state index >= 15 is 0 Å². The van der Waals surface area contributed by atoms with Crippen molar-refractivity contribution in [2.75, 3.05) is 12.4 Å². The van der Waals surface area contributed by atoms with E-state index in [1.54, 1.807) is 12.1 Å². The van der Waals surface area contributed by atoms with Crippen molar-refractivity contribution >= 4 is 39.2 Å². The van der Waals surface area contributed by atoms with Gasteiger partial charge in [-0.3, -0.25) is 4.79 Å². The van der Waals surface area contributed by atoms with Crippen LogP contribution in [-0.2, 0) is 11.3 Å². The summed E-state index contributed by atoms with van der Waals surface area (Å²) in [6, 6.07) is 10.8. The topological polar surface area (TPSA) is 64.1 Å². The fourth-order valence-electron chi connectivity index (χ4n) is 2.12. The minimum absolute atomic E-state index is 0.0280. The lowest BCUT2D eigenvalue weighted by molar-refractivity contribution is -0.154. The second-order valence-electron chi connectivity index (χ2n) is 5.38. The number of thiazole rings is 1. The maximum atomic E-state index is 12.3. The molecule has 142 valence electrons. The second-order valence-corrected chi connectivity index (χ2v) is 7.64. The van der Waals surface area contributed by atoms with E-state index in [0.717, 1.165) is 14.6 Å². The van der Waals surface area contributed by atoms with Crippen molar-refractivity contribution in [2.45, 2.75) is 17.1 Å². The zero-order valence-corrected chi connectivity index (χ0v) is 15.5. The smallest absolute Gasteiger partial charge is 0.422 e. The van der Waals surface area contributed by atoms with E-state index in [0.29, 0.717) is 5.56 Å². The molecule has 3 aromatic rings. The Hall–Kier alpha value is -2.33. The van der Waals surface area contributed by atoms with E-state index in [4.69, 9.17) is 4.74 Å². The molecule has 0 saturated carbocycles. The Bertz CT molecular complexity index is 898. The van der Waals surface area contributed by atoms with E-state index in [2.05, 4.69) is 15.3 Å². The highest BCUT2D eigenvalue weighted by Gasteiger charge is 2.29. The third-order valence-corrected chi connectivity index (χ3v) is 5.48. The molecule has 2 aromatic heterocycles. The van der Waals surface area contributed by atoms with Crippen LogP contribution in [-0.4, -0.2) is 34.4 Å². The maximum Gasteiger partial charge on any atom is 0.422 e. The molecule has 0 radical (unpaired) electrons. The van der Waals surface area contributed by atoms with Gasteiger partial charge in [0.1, 0.15) is 0 Å². The highest BCUT2D eigenvalue weighted by molar-refractivity contribution is 8.01. The van der Waals surface area contributed by atoms with Crippen LogP contribution in [0.25, 0.3) is 10.2 Å². The third kappa shape index (κ3) is 5.83. The molecule has 0 saturated heterocycles. The van der Waals surface area contributed by atoms with Gasteiger partial charge in [-0.15, -0.1) is 11.3 Å². The molecule has 1 N–H and O–H groups in total. The average molecular weight is 413 g/mol. The maximum absolute atomic E-state index is 12.3. The molecule has 0 atom stereocenters. The molecule has 5 nitrogen and oxygen atoms in total. The van der Waals surface area contributed by atoms with Crippen LogP contribution in [0.2, 0.25) is 0 Å². The first kappa shape index (κ1) is 19.4. The van der Waals surface area contributed by atoms with Crippen LogP contribution in [0.1, 0.15) is 5.56 Å². The number of nitrogens with one attached hydrogen (secondary N) is 1. The standard InChI is InChI=1S/C17H14F3N3O2S2/c18-17(19,20)10-25-15-11(4-3-7-21-15)8-22-14(24)9-26-16-23-12-5-1-2-6-13(12)27-16/h1-7H,8-10H2,(H,22,24). The van der Waals surface area contributed by atoms with Gasteiger partial charge in [0, 0.05) is 18.3 Å². The molecule has 1 aromatic carbocycles. The summed E-state index contributed by atoms with van der Waals surface area (Å²) in [7, 11) is 0. The Labute approximate surface area is 161 Å². The Balaban J connectivity index is 1.51. The third-order valence-electron chi connectivity index (χ3n) is 3.30. The van der Waals surface area contributed by atoms with E-state index in [-0.39, 0.29) is 24.1 Å². The molecular formula is C17H14F3N3O2S2. The molecule has 27 heavy (non-hydrogen) atoms. The van der Waals surface area contributed by atoms with Crippen molar-refractivity contribution in [1.82, 2.24) is 15.3 Å². The van der Waals surface area contributed by atoms with Gasteiger partial charge in [0.05, 0.1) is 16.0 Å². The zero-order valence-electron chi connectivity index (χ0n) is 13.8.